The molecule has 0 radical (unpaired) electrons. The Morgan fingerprint density at radius 2 is 1.23 bits per heavy atom. The first-order valence-corrected chi connectivity index (χ1v) is 7.36. The standard InChI is InChI=1S/C20H15NO/c1-14-7-6-8-15(13-14)21(22)20-18-11-4-2-9-16(18)17-10-3-5-12-19(17)20/h2-13H,1H3. The number of benzene rings is 3. The molecule has 2 nitrogen and oxygen atoms in total. The first-order chi connectivity index (χ1) is 10.8. The molecule has 22 heavy (non-hydrogen) atoms. The van der Waals surface area contributed by atoms with Crippen LogP contribution in [0.15, 0.2) is 72.8 Å². The highest BCUT2D eigenvalue weighted by Crippen LogP contribution is 2.37. The second kappa shape index (κ2) is 4.85. The Bertz CT molecular complexity index is 861. The number of hydrogen-bond donors (Lipinski definition) is 0. The summed E-state index contributed by atoms with van der Waals surface area (Å²) < 4.78 is 1.05. The van der Waals surface area contributed by atoms with Crippen molar-refractivity contribution in [1.82, 2.24) is 0 Å². The van der Waals surface area contributed by atoms with E-state index < -0.39 is 0 Å². The summed E-state index contributed by atoms with van der Waals surface area (Å²) in [6.07, 6.45) is 0. The van der Waals surface area contributed by atoms with Crippen LogP contribution in [0.1, 0.15) is 16.7 Å². The Morgan fingerprint density at radius 3 is 1.77 bits per heavy atom. The minimum absolute atomic E-state index is 0.668. The SMILES string of the molecule is Cc1cccc([N+]([O-])=C2c3ccccc3-c3ccccc32)c1. The van der Waals surface area contributed by atoms with Gasteiger partial charge in [-0.15, -0.1) is 0 Å². The van der Waals surface area contributed by atoms with Crippen molar-refractivity contribution in [3.05, 3.63) is 94.7 Å². The predicted molar refractivity (Wildman–Crippen MR) is 89.6 cm³/mol. The minimum Gasteiger partial charge on any atom is -0.618 e. The van der Waals surface area contributed by atoms with Crippen molar-refractivity contribution in [2.24, 2.45) is 0 Å². The van der Waals surface area contributed by atoms with Crippen LogP contribution in [-0.2, 0) is 0 Å². The summed E-state index contributed by atoms with van der Waals surface area (Å²) in [5, 5.41) is 13.0. The second-order valence-electron chi connectivity index (χ2n) is 5.57. The van der Waals surface area contributed by atoms with E-state index in [0.717, 1.165) is 38.3 Å². The van der Waals surface area contributed by atoms with E-state index in [1.807, 2.05) is 67.6 Å². The fraction of sp³-hybridized carbons (Fsp3) is 0.0500. The van der Waals surface area contributed by atoms with Gasteiger partial charge in [-0.1, -0.05) is 48.5 Å². The van der Waals surface area contributed by atoms with Crippen molar-refractivity contribution in [2.45, 2.75) is 6.92 Å². The molecular weight excluding hydrogens is 270 g/mol. The van der Waals surface area contributed by atoms with Gasteiger partial charge in [0, 0.05) is 12.1 Å². The average molecular weight is 285 g/mol. The largest absolute Gasteiger partial charge is 0.618 e. The van der Waals surface area contributed by atoms with E-state index in [1.54, 1.807) is 0 Å². The topological polar surface area (TPSA) is 26.1 Å². The summed E-state index contributed by atoms with van der Waals surface area (Å²) in [6, 6.07) is 23.9. The maximum atomic E-state index is 13.0. The van der Waals surface area contributed by atoms with Crippen LogP contribution in [-0.4, -0.2) is 10.5 Å². The molecule has 3 aromatic carbocycles. The summed E-state index contributed by atoms with van der Waals surface area (Å²) in [5.74, 6) is 0. The molecule has 0 atom stereocenters. The van der Waals surface area contributed by atoms with Gasteiger partial charge in [-0.3, -0.25) is 0 Å². The van der Waals surface area contributed by atoms with Crippen LogP contribution in [0.3, 0.4) is 0 Å². The normalized spacial score (nSPS) is 12.0. The van der Waals surface area contributed by atoms with Crippen LogP contribution < -0.4 is 0 Å². The van der Waals surface area contributed by atoms with Crippen LogP contribution in [0.25, 0.3) is 11.1 Å². The summed E-state index contributed by atoms with van der Waals surface area (Å²) in [6.45, 7) is 2.00. The fourth-order valence-corrected chi connectivity index (χ4v) is 3.10. The molecule has 0 aliphatic heterocycles. The third-order valence-corrected chi connectivity index (χ3v) is 4.09. The van der Waals surface area contributed by atoms with Crippen LogP contribution in [0.2, 0.25) is 0 Å². The molecule has 1 aliphatic rings. The highest BCUT2D eigenvalue weighted by atomic mass is 16.5. The number of fused-ring (bicyclic) bond motifs is 3. The van der Waals surface area contributed by atoms with Crippen LogP contribution in [0.5, 0.6) is 0 Å². The molecule has 0 fully saturated rings. The van der Waals surface area contributed by atoms with Gasteiger partial charge in [0.2, 0.25) is 11.4 Å². The summed E-state index contributed by atoms with van der Waals surface area (Å²) >= 11 is 0. The van der Waals surface area contributed by atoms with E-state index in [0.29, 0.717) is 5.69 Å². The van der Waals surface area contributed by atoms with Crippen LogP contribution >= 0.6 is 0 Å². The molecule has 2 heteroatoms. The molecular formula is C20H15NO. The van der Waals surface area contributed by atoms with Crippen LogP contribution in [0, 0.1) is 12.1 Å². The monoisotopic (exact) mass is 285 g/mol. The van der Waals surface area contributed by atoms with Gasteiger partial charge in [0.1, 0.15) is 0 Å². The van der Waals surface area contributed by atoms with Gasteiger partial charge < -0.3 is 5.21 Å². The van der Waals surface area contributed by atoms with Gasteiger partial charge in [0.25, 0.3) is 0 Å². The Hall–Kier alpha value is -2.87. The molecule has 0 N–H and O–H groups in total. The highest BCUT2D eigenvalue weighted by molar-refractivity contribution is 6.22. The summed E-state index contributed by atoms with van der Waals surface area (Å²) in [5.41, 5.74) is 6.74. The first kappa shape index (κ1) is 12.8. The number of aryl methyl sites for hydroxylation is 1. The molecule has 4 rings (SSSR count). The predicted octanol–water partition coefficient (Wildman–Crippen LogP) is 4.65. The minimum atomic E-state index is 0.668. The van der Waals surface area contributed by atoms with Gasteiger partial charge >= 0.3 is 0 Å². The van der Waals surface area contributed by atoms with Crippen molar-refractivity contribution >= 4 is 11.4 Å². The summed E-state index contributed by atoms with van der Waals surface area (Å²) in [7, 11) is 0. The van der Waals surface area contributed by atoms with Crippen molar-refractivity contribution in [1.29, 1.82) is 0 Å². The molecule has 3 aromatic rings. The Morgan fingerprint density at radius 1 is 0.682 bits per heavy atom. The van der Waals surface area contributed by atoms with Crippen molar-refractivity contribution in [3.8, 4) is 11.1 Å². The lowest BCUT2D eigenvalue weighted by Crippen LogP contribution is -2.12. The van der Waals surface area contributed by atoms with Gasteiger partial charge in [-0.2, -0.15) is 4.74 Å². The molecule has 0 spiro atoms. The molecule has 0 saturated carbocycles. The summed E-state index contributed by atoms with van der Waals surface area (Å²) in [4.78, 5) is 0. The maximum Gasteiger partial charge on any atom is 0.232 e. The van der Waals surface area contributed by atoms with E-state index in [4.69, 9.17) is 0 Å². The fourth-order valence-electron chi connectivity index (χ4n) is 3.10. The van der Waals surface area contributed by atoms with Gasteiger partial charge in [0.05, 0.1) is 11.1 Å². The average Bonchev–Trinajstić information content (AvgIpc) is 2.89. The Balaban J connectivity index is 2.04. The molecule has 1 aliphatic carbocycles. The molecule has 0 amide bonds. The lowest BCUT2D eigenvalue weighted by molar-refractivity contribution is -0.359. The Labute approximate surface area is 129 Å². The lowest BCUT2D eigenvalue weighted by atomic mass is 10.1. The van der Waals surface area contributed by atoms with Gasteiger partial charge in [0.15, 0.2) is 0 Å². The highest BCUT2D eigenvalue weighted by Gasteiger charge is 2.30. The van der Waals surface area contributed by atoms with E-state index >= 15 is 0 Å². The maximum absolute atomic E-state index is 13.0. The van der Waals surface area contributed by atoms with E-state index in [9.17, 15) is 5.21 Å². The Kier molecular flexibility index (Phi) is 2.83. The van der Waals surface area contributed by atoms with Crippen molar-refractivity contribution < 1.29 is 4.74 Å². The zero-order valence-electron chi connectivity index (χ0n) is 12.3. The first-order valence-electron chi connectivity index (χ1n) is 7.36. The molecule has 0 bridgehead atoms. The quantitative estimate of drug-likeness (QED) is 0.284. The van der Waals surface area contributed by atoms with Gasteiger partial charge in [-0.05, 0) is 35.7 Å². The molecule has 0 saturated heterocycles. The molecule has 106 valence electrons. The smallest absolute Gasteiger partial charge is 0.232 e. The second-order valence-corrected chi connectivity index (χ2v) is 5.57. The molecule has 0 unspecified atom stereocenters. The van der Waals surface area contributed by atoms with E-state index in [1.165, 1.54) is 0 Å². The third-order valence-electron chi connectivity index (χ3n) is 4.09. The van der Waals surface area contributed by atoms with Crippen molar-refractivity contribution in [2.75, 3.05) is 0 Å². The van der Waals surface area contributed by atoms with E-state index in [-0.39, 0.29) is 0 Å². The van der Waals surface area contributed by atoms with Crippen LogP contribution in [0.4, 0.5) is 5.69 Å². The van der Waals surface area contributed by atoms with Gasteiger partial charge in [-0.25, -0.2) is 0 Å². The third kappa shape index (κ3) is 1.85. The zero-order valence-corrected chi connectivity index (χ0v) is 12.3. The van der Waals surface area contributed by atoms with E-state index in [2.05, 4.69) is 12.1 Å². The lowest BCUT2D eigenvalue weighted by Gasteiger charge is -2.08. The van der Waals surface area contributed by atoms with Crippen molar-refractivity contribution in [3.63, 3.8) is 0 Å². The number of hydrogen-bond acceptors (Lipinski definition) is 1. The number of nitrogens with zero attached hydrogens (tertiary/aromatic N) is 1. The molecule has 0 aromatic heterocycles. The zero-order chi connectivity index (χ0) is 15.1. The number of rotatable bonds is 1. The molecule has 0 heterocycles.